The summed E-state index contributed by atoms with van der Waals surface area (Å²) in [6.45, 7) is 7.25. The van der Waals surface area contributed by atoms with Gasteiger partial charge in [0.05, 0.1) is 24.3 Å². The zero-order chi connectivity index (χ0) is 31.1. The number of hydrogen-bond acceptors (Lipinski definition) is 7. The second kappa shape index (κ2) is 14.7. The van der Waals surface area contributed by atoms with Gasteiger partial charge in [-0.05, 0) is 92.8 Å². The van der Waals surface area contributed by atoms with Gasteiger partial charge in [-0.25, -0.2) is 4.79 Å². The lowest BCUT2D eigenvalue weighted by molar-refractivity contribution is -0.124. The van der Waals surface area contributed by atoms with Gasteiger partial charge in [0.25, 0.3) is 5.91 Å². The quantitative estimate of drug-likeness (QED) is 0.232. The molecule has 2 aliphatic heterocycles. The molecule has 3 aromatic rings. The van der Waals surface area contributed by atoms with Crippen LogP contribution in [0, 0.1) is 0 Å². The van der Waals surface area contributed by atoms with Gasteiger partial charge in [-0.2, -0.15) is 0 Å². The fraction of sp³-hybridized carbons (Fsp3) is 0.333. The van der Waals surface area contributed by atoms with Crippen LogP contribution in [0.2, 0.25) is 5.02 Å². The third-order valence-electron chi connectivity index (χ3n) is 7.83. The number of rotatable bonds is 11. The van der Waals surface area contributed by atoms with Crippen molar-refractivity contribution in [1.82, 2.24) is 9.80 Å². The summed E-state index contributed by atoms with van der Waals surface area (Å²) in [5.41, 5.74) is 2.77. The molecular weight excluding hydrogens is 598 g/mol. The molecular formula is C33H36ClN5O4S. The molecule has 5 rings (SSSR count). The average molecular weight is 634 g/mol. The maximum atomic E-state index is 13.7. The number of anilines is 3. The second-order valence-electron chi connectivity index (χ2n) is 10.7. The van der Waals surface area contributed by atoms with Gasteiger partial charge in [0.2, 0.25) is 5.91 Å². The molecule has 0 spiro atoms. The first-order chi connectivity index (χ1) is 21.3. The molecule has 44 heavy (non-hydrogen) atoms. The molecule has 2 saturated heterocycles. The topological polar surface area (TPSA) is 85.4 Å². The Morgan fingerprint density at radius 1 is 0.909 bits per heavy atom. The maximum Gasteiger partial charge on any atom is 0.338 e. The van der Waals surface area contributed by atoms with Crippen LogP contribution in [0.25, 0.3) is 0 Å². The molecule has 0 bridgehead atoms. The summed E-state index contributed by atoms with van der Waals surface area (Å²) in [7, 11) is 0. The molecule has 2 heterocycles. The molecule has 1 N–H and O–H groups in total. The smallest absolute Gasteiger partial charge is 0.338 e. The number of piperazine rings is 1. The average Bonchev–Trinajstić information content (AvgIpc) is 3.26. The largest absolute Gasteiger partial charge is 0.462 e. The standard InChI is InChI=1S/C33H36ClN5O4S/c1-2-43-32(42)24-9-13-26(14-10-24)35-30(40)23-29-31(41)39(28-15-11-25(34)12-16-28)33(44)38(29)18-6-17-36-19-21-37(22-20-36)27-7-4-3-5-8-27/h3-5,7-16,29H,2,6,17-23H2,1H3,(H,35,40). The van der Waals surface area contributed by atoms with Crippen molar-refractivity contribution < 1.29 is 19.1 Å². The lowest BCUT2D eigenvalue weighted by Gasteiger charge is -2.36. The molecule has 0 saturated carbocycles. The van der Waals surface area contributed by atoms with Crippen LogP contribution < -0.4 is 15.1 Å². The van der Waals surface area contributed by atoms with Crippen molar-refractivity contribution in [3.8, 4) is 0 Å². The minimum atomic E-state index is -0.744. The predicted octanol–water partition coefficient (Wildman–Crippen LogP) is 5.06. The number of benzene rings is 3. The molecule has 11 heteroatoms. The molecule has 3 aromatic carbocycles. The third-order valence-corrected chi connectivity index (χ3v) is 8.50. The van der Waals surface area contributed by atoms with Gasteiger partial charge in [-0.1, -0.05) is 29.8 Å². The van der Waals surface area contributed by atoms with E-state index < -0.39 is 12.0 Å². The normalized spacial score (nSPS) is 17.2. The SMILES string of the molecule is CCOC(=O)c1ccc(NC(=O)CC2C(=O)N(c3ccc(Cl)cc3)C(=S)N2CCCN2CCN(c3ccccc3)CC2)cc1. The zero-order valence-corrected chi connectivity index (χ0v) is 26.2. The van der Waals surface area contributed by atoms with Crippen LogP contribution in [0.3, 0.4) is 0 Å². The number of carbonyl (C=O) groups excluding carboxylic acids is 3. The van der Waals surface area contributed by atoms with Gasteiger partial charge < -0.3 is 19.9 Å². The number of nitrogens with zero attached hydrogens (tertiary/aromatic N) is 4. The molecule has 2 aliphatic rings. The number of amides is 2. The lowest BCUT2D eigenvalue weighted by Crippen LogP contribution is -2.47. The van der Waals surface area contributed by atoms with Gasteiger partial charge in [0.1, 0.15) is 6.04 Å². The van der Waals surface area contributed by atoms with Crippen LogP contribution in [0.4, 0.5) is 17.1 Å². The van der Waals surface area contributed by atoms with Crippen LogP contribution in [0.5, 0.6) is 0 Å². The van der Waals surface area contributed by atoms with Gasteiger partial charge >= 0.3 is 5.97 Å². The van der Waals surface area contributed by atoms with Crippen LogP contribution in [-0.2, 0) is 14.3 Å². The fourth-order valence-corrected chi connectivity index (χ4v) is 6.08. The minimum Gasteiger partial charge on any atom is -0.462 e. The first-order valence-electron chi connectivity index (χ1n) is 14.8. The van der Waals surface area contributed by atoms with Crippen molar-refractivity contribution in [2.75, 3.05) is 61.0 Å². The molecule has 0 radical (unpaired) electrons. The Morgan fingerprint density at radius 3 is 2.25 bits per heavy atom. The highest BCUT2D eigenvalue weighted by atomic mass is 35.5. The summed E-state index contributed by atoms with van der Waals surface area (Å²) in [6, 6.07) is 23.1. The van der Waals surface area contributed by atoms with E-state index in [1.807, 2.05) is 11.0 Å². The van der Waals surface area contributed by atoms with E-state index in [-0.39, 0.29) is 24.8 Å². The Hall–Kier alpha value is -3.99. The summed E-state index contributed by atoms with van der Waals surface area (Å²) in [5, 5.41) is 3.78. The first kappa shape index (κ1) is 31.4. The van der Waals surface area contributed by atoms with Crippen LogP contribution >= 0.6 is 23.8 Å². The number of hydrogen-bond donors (Lipinski definition) is 1. The van der Waals surface area contributed by atoms with Gasteiger partial charge in [-0.15, -0.1) is 0 Å². The number of esters is 1. The van der Waals surface area contributed by atoms with E-state index >= 15 is 0 Å². The van der Waals surface area contributed by atoms with Crippen LogP contribution in [0.15, 0.2) is 78.9 Å². The summed E-state index contributed by atoms with van der Waals surface area (Å²) >= 11 is 11.9. The number of ether oxygens (including phenoxy) is 1. The van der Waals surface area contributed by atoms with Crippen molar-refractivity contribution >= 4 is 63.8 Å². The third kappa shape index (κ3) is 7.56. The predicted molar refractivity (Wildman–Crippen MR) is 177 cm³/mol. The van der Waals surface area contributed by atoms with Crippen LogP contribution in [0.1, 0.15) is 30.1 Å². The van der Waals surface area contributed by atoms with Gasteiger partial charge in [-0.3, -0.25) is 19.4 Å². The van der Waals surface area contributed by atoms with Crippen LogP contribution in [-0.4, -0.2) is 84.6 Å². The lowest BCUT2D eigenvalue weighted by atomic mass is 10.1. The van der Waals surface area contributed by atoms with Crippen molar-refractivity contribution in [2.45, 2.75) is 25.8 Å². The summed E-state index contributed by atoms with van der Waals surface area (Å²) in [5.74, 6) is -0.997. The van der Waals surface area contributed by atoms with Gasteiger partial charge in [0, 0.05) is 49.1 Å². The van der Waals surface area contributed by atoms with Gasteiger partial charge in [0.15, 0.2) is 5.11 Å². The van der Waals surface area contributed by atoms with Crippen molar-refractivity contribution in [3.63, 3.8) is 0 Å². The Balaban J connectivity index is 1.22. The van der Waals surface area contributed by atoms with E-state index in [0.29, 0.717) is 33.6 Å². The van der Waals surface area contributed by atoms with E-state index in [1.165, 1.54) is 10.6 Å². The van der Waals surface area contributed by atoms with Crippen molar-refractivity contribution in [3.05, 3.63) is 89.4 Å². The van der Waals surface area contributed by atoms with Crippen molar-refractivity contribution in [1.29, 1.82) is 0 Å². The molecule has 1 atom stereocenters. The molecule has 1 unspecified atom stereocenters. The highest BCUT2D eigenvalue weighted by Gasteiger charge is 2.44. The minimum absolute atomic E-state index is 0.0710. The number of nitrogens with one attached hydrogen (secondary N) is 1. The molecule has 9 nitrogen and oxygen atoms in total. The van der Waals surface area contributed by atoms with Crippen molar-refractivity contribution in [2.24, 2.45) is 0 Å². The maximum absolute atomic E-state index is 13.7. The molecule has 0 aromatic heterocycles. The summed E-state index contributed by atoms with van der Waals surface area (Å²) < 4.78 is 5.02. The molecule has 230 valence electrons. The Bertz CT molecular complexity index is 1460. The van der Waals surface area contributed by atoms with E-state index in [0.717, 1.165) is 39.1 Å². The number of halogens is 1. The van der Waals surface area contributed by atoms with E-state index in [1.54, 1.807) is 55.5 Å². The summed E-state index contributed by atoms with van der Waals surface area (Å²) in [6.07, 6.45) is 0.721. The second-order valence-corrected chi connectivity index (χ2v) is 11.5. The Kier molecular flexibility index (Phi) is 10.5. The first-order valence-corrected chi connectivity index (χ1v) is 15.6. The number of para-hydroxylation sites is 1. The monoisotopic (exact) mass is 633 g/mol. The highest BCUT2D eigenvalue weighted by Crippen LogP contribution is 2.29. The fourth-order valence-electron chi connectivity index (χ4n) is 5.54. The Morgan fingerprint density at radius 2 is 1.59 bits per heavy atom. The van der Waals surface area contributed by atoms with E-state index in [9.17, 15) is 14.4 Å². The van der Waals surface area contributed by atoms with E-state index in [2.05, 4.69) is 39.4 Å². The molecule has 0 aliphatic carbocycles. The molecule has 2 amide bonds. The number of carbonyl (C=O) groups is 3. The number of thiocarbonyl (C=S) groups is 1. The summed E-state index contributed by atoms with van der Waals surface area (Å²) in [4.78, 5) is 47.1. The molecule has 2 fully saturated rings. The Labute approximate surface area is 268 Å². The zero-order valence-electron chi connectivity index (χ0n) is 24.7. The highest BCUT2D eigenvalue weighted by molar-refractivity contribution is 7.80. The van der Waals surface area contributed by atoms with E-state index in [4.69, 9.17) is 28.6 Å².